The summed E-state index contributed by atoms with van der Waals surface area (Å²) in [5, 5.41) is 0. The highest BCUT2D eigenvalue weighted by Crippen LogP contribution is 2.42. The zero-order chi connectivity index (χ0) is 58.0. The van der Waals surface area contributed by atoms with Gasteiger partial charge in [0.15, 0.2) is 0 Å². The van der Waals surface area contributed by atoms with Crippen LogP contribution in [0.4, 0.5) is 11.4 Å². The van der Waals surface area contributed by atoms with Crippen molar-refractivity contribution in [1.82, 2.24) is 15.0 Å². The number of rotatable bonds is 12. The lowest BCUT2D eigenvalue weighted by molar-refractivity contribution is 0.00578. The van der Waals surface area contributed by atoms with Gasteiger partial charge in [-0.2, -0.15) is 0 Å². The molecule has 0 unspecified atom stereocenters. The van der Waals surface area contributed by atoms with Crippen LogP contribution in [0.1, 0.15) is 83.3 Å². The van der Waals surface area contributed by atoms with Gasteiger partial charge in [0.25, 0.3) is 5.91 Å². The molecule has 3 aliphatic rings. The van der Waals surface area contributed by atoms with E-state index in [2.05, 4.69) is 152 Å². The van der Waals surface area contributed by atoms with E-state index in [1.54, 1.807) is 4.90 Å². The number of aryl methyl sites for hydroxylation is 2. The molecule has 1 aliphatic carbocycles. The summed E-state index contributed by atoms with van der Waals surface area (Å²) in [6, 6.07) is 68.3. The van der Waals surface area contributed by atoms with Crippen molar-refractivity contribution in [1.29, 1.82) is 0 Å². The Morgan fingerprint density at radius 3 is 1.27 bits per heavy atom. The summed E-state index contributed by atoms with van der Waals surface area (Å²) < 4.78 is 25.7. The SMILES string of the molecule is CC1(C)OB(c2cccc(-c3ccc(-c4ccccc4-c4cc(C(=O)N(c5ccccc5)c5ccc(-c6ccc7c(c6)CCC7)nc5)cc(-c5ccccc5-c5ccc(-c6cccc(B7OC(C)(C)C(C)(C)O7)c6)nc5)c4)cn3)c2)OC1(C)C. The van der Waals surface area contributed by atoms with Gasteiger partial charge in [0, 0.05) is 40.3 Å². The normalized spacial score (nSPS) is 16.4. The fourth-order valence-electron chi connectivity index (χ4n) is 11.6. The number of hydrogen-bond donors (Lipinski definition) is 0. The van der Waals surface area contributed by atoms with Crippen LogP contribution in [0.3, 0.4) is 0 Å². The predicted molar refractivity (Wildman–Crippen MR) is 341 cm³/mol. The number of nitrogens with zero attached hydrogens (tertiary/aromatic N) is 4. The third kappa shape index (κ3) is 10.4. The van der Waals surface area contributed by atoms with Gasteiger partial charge in [-0.15, -0.1) is 0 Å². The van der Waals surface area contributed by atoms with Crippen LogP contribution in [-0.4, -0.2) is 57.5 Å². The maximum Gasteiger partial charge on any atom is 0.494 e. The lowest BCUT2D eigenvalue weighted by atomic mass is 9.78. The van der Waals surface area contributed by atoms with E-state index in [1.807, 2.05) is 122 Å². The fourth-order valence-corrected chi connectivity index (χ4v) is 11.6. The number of carbonyl (C=O) groups excluding carboxylic acids is 1. The van der Waals surface area contributed by atoms with Gasteiger partial charge in [-0.1, -0.05) is 140 Å². The molecule has 84 heavy (non-hydrogen) atoms. The van der Waals surface area contributed by atoms with Crippen LogP contribution in [0.5, 0.6) is 0 Å². The third-order valence-corrected chi connectivity index (χ3v) is 17.8. The molecule has 414 valence electrons. The average molecular weight is 1100 g/mol. The monoisotopic (exact) mass is 1100 g/mol. The Hall–Kier alpha value is -8.57. The molecule has 0 atom stereocenters. The fraction of sp³-hybridized carbons (Fsp3) is 0.205. The van der Waals surface area contributed by atoms with Crippen LogP contribution in [0.25, 0.3) is 78.3 Å². The molecule has 9 nitrogen and oxygen atoms in total. The predicted octanol–water partition coefficient (Wildman–Crippen LogP) is 15.6. The second-order valence-electron chi connectivity index (χ2n) is 24.4. The molecule has 1 amide bonds. The van der Waals surface area contributed by atoms with Gasteiger partial charge in [-0.25, -0.2) is 0 Å². The molecule has 0 bridgehead atoms. The Morgan fingerprint density at radius 1 is 0.381 bits per heavy atom. The molecule has 0 spiro atoms. The summed E-state index contributed by atoms with van der Waals surface area (Å²) in [4.78, 5) is 32.7. The van der Waals surface area contributed by atoms with Gasteiger partial charge in [-0.3, -0.25) is 24.6 Å². The van der Waals surface area contributed by atoms with Gasteiger partial charge >= 0.3 is 14.2 Å². The van der Waals surface area contributed by atoms with Crippen LogP contribution in [0.2, 0.25) is 0 Å². The van der Waals surface area contributed by atoms with Crippen molar-refractivity contribution in [2.75, 3.05) is 4.90 Å². The van der Waals surface area contributed by atoms with E-state index in [1.165, 1.54) is 17.5 Å². The Morgan fingerprint density at radius 2 is 0.810 bits per heavy atom. The Labute approximate surface area is 494 Å². The largest absolute Gasteiger partial charge is 0.494 e. The van der Waals surface area contributed by atoms with E-state index in [9.17, 15) is 0 Å². The maximum absolute atomic E-state index is 15.8. The first kappa shape index (κ1) is 54.7. The molecule has 0 saturated carbocycles. The Balaban J connectivity index is 0.884. The topological polar surface area (TPSA) is 95.9 Å². The van der Waals surface area contributed by atoms with Gasteiger partial charge < -0.3 is 18.6 Å². The molecular weight excluding hydrogens is 1030 g/mol. The molecule has 3 aromatic heterocycles. The number of amides is 1. The summed E-state index contributed by atoms with van der Waals surface area (Å²) in [5.41, 5.74) is 17.7. The lowest BCUT2D eigenvalue weighted by Gasteiger charge is -2.32. The highest BCUT2D eigenvalue weighted by Gasteiger charge is 2.53. The molecule has 7 aromatic carbocycles. The average Bonchev–Trinajstić information content (AvgIpc) is 2.26. The molecule has 2 saturated heterocycles. The lowest BCUT2D eigenvalue weighted by Crippen LogP contribution is -2.41. The zero-order valence-corrected chi connectivity index (χ0v) is 48.9. The Kier molecular flexibility index (Phi) is 14.0. The van der Waals surface area contributed by atoms with Crippen molar-refractivity contribution in [3.63, 3.8) is 0 Å². The highest BCUT2D eigenvalue weighted by atomic mass is 16.7. The van der Waals surface area contributed by atoms with E-state index in [4.69, 9.17) is 33.6 Å². The van der Waals surface area contributed by atoms with E-state index in [-0.39, 0.29) is 5.91 Å². The minimum Gasteiger partial charge on any atom is -0.399 e. The first-order chi connectivity index (χ1) is 40.5. The van der Waals surface area contributed by atoms with Crippen LogP contribution in [-0.2, 0) is 31.5 Å². The van der Waals surface area contributed by atoms with Crippen molar-refractivity contribution >= 4 is 42.4 Å². The van der Waals surface area contributed by atoms with E-state index in [0.29, 0.717) is 11.3 Å². The van der Waals surface area contributed by atoms with E-state index >= 15 is 4.79 Å². The molecule has 10 aromatic rings. The summed E-state index contributed by atoms with van der Waals surface area (Å²) in [5.74, 6) is -0.200. The number of para-hydroxylation sites is 1. The molecule has 5 heterocycles. The van der Waals surface area contributed by atoms with Crippen molar-refractivity contribution in [2.24, 2.45) is 0 Å². The Bertz CT molecular complexity index is 3890. The molecule has 0 N–H and O–H groups in total. The summed E-state index contributed by atoms with van der Waals surface area (Å²) in [6.07, 6.45) is 9.06. The number of anilines is 2. The number of hydrogen-bond acceptors (Lipinski definition) is 8. The van der Waals surface area contributed by atoms with Crippen molar-refractivity contribution in [2.45, 2.75) is 97.1 Å². The van der Waals surface area contributed by atoms with Crippen LogP contribution in [0, 0.1) is 0 Å². The minimum absolute atomic E-state index is 0.200. The number of benzene rings is 7. The summed E-state index contributed by atoms with van der Waals surface area (Å²) >= 11 is 0. The van der Waals surface area contributed by atoms with Crippen LogP contribution < -0.4 is 15.8 Å². The number of fused-ring (bicyclic) bond motifs is 1. The molecule has 13 rings (SSSR count). The second kappa shape index (κ2) is 21.6. The minimum atomic E-state index is -0.488. The molecule has 0 radical (unpaired) electrons. The zero-order valence-electron chi connectivity index (χ0n) is 48.9. The molecular formula is C73H66B2N4O5. The standard InChI is InChI=1S/C73H66B2N4O5/c1-70(2)71(3,4)82-74(81-70)58-23-17-21-50(43-58)66-36-33-53(45-76-66)62-27-12-14-29-64(62)55-40-56(65-30-15-13-28-63(65)54-34-37-67(77-46-54)51-22-18-24-59(44-51)75-83-72(5,6)73(7,8)84-75)42-57(41-55)69(80)79(60-25-10-9-11-26-60)61-35-38-68(78-47-61)52-32-31-48-19-16-20-49(48)39-52/h9-15,17-18,21-47H,16,19-20H2,1-8H3. The summed E-state index contributed by atoms with van der Waals surface area (Å²) in [6.45, 7) is 16.5. The van der Waals surface area contributed by atoms with Gasteiger partial charge in [-0.05, 0) is 202 Å². The van der Waals surface area contributed by atoms with Crippen molar-refractivity contribution in [3.05, 3.63) is 235 Å². The number of pyridine rings is 3. The van der Waals surface area contributed by atoms with Gasteiger partial charge in [0.1, 0.15) is 0 Å². The first-order valence-electron chi connectivity index (χ1n) is 29.1. The smallest absolute Gasteiger partial charge is 0.399 e. The number of carbonyl (C=O) groups is 1. The van der Waals surface area contributed by atoms with Gasteiger partial charge in [0.2, 0.25) is 0 Å². The van der Waals surface area contributed by atoms with Gasteiger partial charge in [0.05, 0.1) is 51.4 Å². The second-order valence-corrected chi connectivity index (χ2v) is 24.4. The van der Waals surface area contributed by atoms with Crippen molar-refractivity contribution in [3.8, 4) is 78.3 Å². The highest BCUT2D eigenvalue weighted by molar-refractivity contribution is 6.62. The van der Waals surface area contributed by atoms with Crippen LogP contribution in [0.15, 0.2) is 219 Å². The molecule has 11 heteroatoms. The summed E-state index contributed by atoms with van der Waals surface area (Å²) in [7, 11) is -0.976. The third-order valence-electron chi connectivity index (χ3n) is 17.8. The molecule has 2 fully saturated rings. The maximum atomic E-state index is 15.8. The molecule has 2 aliphatic heterocycles. The quantitative estimate of drug-likeness (QED) is 0.112. The first-order valence-corrected chi connectivity index (χ1v) is 29.1. The van der Waals surface area contributed by atoms with Crippen molar-refractivity contribution < 1.29 is 23.4 Å². The van der Waals surface area contributed by atoms with E-state index < -0.39 is 36.6 Å². The number of aromatic nitrogens is 3. The van der Waals surface area contributed by atoms with Crippen LogP contribution >= 0.6 is 0 Å². The van der Waals surface area contributed by atoms with E-state index in [0.717, 1.165) is 108 Å².